The van der Waals surface area contributed by atoms with Crippen LogP contribution in [0.3, 0.4) is 0 Å². The molecule has 1 heterocycles. The first-order valence-electron chi connectivity index (χ1n) is 5.72. The summed E-state index contributed by atoms with van der Waals surface area (Å²) in [5.74, 6) is 5.18. The summed E-state index contributed by atoms with van der Waals surface area (Å²) in [6.07, 6.45) is 3.32. The van der Waals surface area contributed by atoms with Crippen LogP contribution in [0.4, 0.5) is 4.39 Å². The molecule has 0 aliphatic rings. The predicted molar refractivity (Wildman–Crippen MR) is 68.5 cm³/mol. The minimum atomic E-state index is -0.293. The smallest absolute Gasteiger partial charge is 0.242 e. The molecule has 0 aliphatic heterocycles. The van der Waals surface area contributed by atoms with E-state index in [0.29, 0.717) is 5.56 Å². The average molecular weight is 257 g/mol. The van der Waals surface area contributed by atoms with Gasteiger partial charge in [-0.2, -0.15) is 5.10 Å². The summed E-state index contributed by atoms with van der Waals surface area (Å²) in [5.41, 5.74) is 0.711. The summed E-state index contributed by atoms with van der Waals surface area (Å²) >= 11 is 0. The lowest BCUT2D eigenvalue weighted by atomic mass is 10.2. The van der Waals surface area contributed by atoms with Crippen molar-refractivity contribution in [3.8, 4) is 11.8 Å². The van der Waals surface area contributed by atoms with Crippen molar-refractivity contribution in [3.63, 3.8) is 0 Å². The Kier molecular flexibility index (Phi) is 4.29. The zero-order chi connectivity index (χ0) is 13.5. The van der Waals surface area contributed by atoms with Crippen LogP contribution in [0.1, 0.15) is 5.56 Å². The fourth-order valence-electron chi connectivity index (χ4n) is 1.42. The van der Waals surface area contributed by atoms with Crippen LogP contribution in [0.5, 0.6) is 0 Å². The molecule has 0 unspecified atom stereocenters. The van der Waals surface area contributed by atoms with E-state index in [1.165, 1.54) is 16.8 Å². The summed E-state index contributed by atoms with van der Waals surface area (Å²) in [4.78, 5) is 11.5. The second-order valence-electron chi connectivity index (χ2n) is 3.79. The highest BCUT2D eigenvalue weighted by Gasteiger charge is 1.99. The van der Waals surface area contributed by atoms with Crippen molar-refractivity contribution in [2.45, 2.75) is 6.54 Å². The van der Waals surface area contributed by atoms with Crippen molar-refractivity contribution >= 4 is 5.91 Å². The largest absolute Gasteiger partial charge is 0.344 e. The van der Waals surface area contributed by atoms with Crippen LogP contribution in [0.15, 0.2) is 42.7 Å². The summed E-state index contributed by atoms with van der Waals surface area (Å²) in [7, 11) is 0. The average Bonchev–Trinajstić information content (AvgIpc) is 2.89. The second kappa shape index (κ2) is 6.36. The molecule has 1 N–H and O–H groups in total. The van der Waals surface area contributed by atoms with Crippen LogP contribution < -0.4 is 5.32 Å². The molecule has 4 nitrogen and oxygen atoms in total. The van der Waals surface area contributed by atoms with Crippen LogP contribution in [0.25, 0.3) is 0 Å². The zero-order valence-corrected chi connectivity index (χ0v) is 10.1. The molecule has 19 heavy (non-hydrogen) atoms. The Balaban J connectivity index is 1.77. The molecule has 96 valence electrons. The molecule has 2 aromatic rings. The Morgan fingerprint density at radius 1 is 1.37 bits per heavy atom. The maximum Gasteiger partial charge on any atom is 0.242 e. The fraction of sp³-hybridized carbons (Fsp3) is 0.143. The van der Waals surface area contributed by atoms with Gasteiger partial charge in [-0.05, 0) is 30.3 Å². The molecular formula is C14H12FN3O. The number of halogens is 1. The Hall–Kier alpha value is -2.61. The van der Waals surface area contributed by atoms with Gasteiger partial charge in [-0.3, -0.25) is 9.48 Å². The van der Waals surface area contributed by atoms with Gasteiger partial charge < -0.3 is 5.32 Å². The van der Waals surface area contributed by atoms with E-state index >= 15 is 0 Å². The highest BCUT2D eigenvalue weighted by molar-refractivity contribution is 5.75. The maximum atomic E-state index is 12.6. The van der Waals surface area contributed by atoms with Gasteiger partial charge in [0.15, 0.2) is 0 Å². The van der Waals surface area contributed by atoms with Gasteiger partial charge in [0.1, 0.15) is 12.4 Å². The first kappa shape index (κ1) is 12.8. The van der Waals surface area contributed by atoms with Gasteiger partial charge in [0.25, 0.3) is 0 Å². The summed E-state index contributed by atoms with van der Waals surface area (Å²) in [6, 6.07) is 7.63. The number of amides is 1. The van der Waals surface area contributed by atoms with Crippen LogP contribution >= 0.6 is 0 Å². The van der Waals surface area contributed by atoms with E-state index < -0.39 is 0 Å². The van der Waals surface area contributed by atoms with Crippen LogP contribution in [-0.4, -0.2) is 22.2 Å². The number of hydrogen-bond acceptors (Lipinski definition) is 2. The quantitative estimate of drug-likeness (QED) is 0.840. The predicted octanol–water partition coefficient (Wildman–Crippen LogP) is 1.19. The Morgan fingerprint density at radius 3 is 2.84 bits per heavy atom. The van der Waals surface area contributed by atoms with E-state index in [0.717, 1.165) is 0 Å². The summed E-state index contributed by atoms with van der Waals surface area (Å²) in [6.45, 7) is 0.419. The van der Waals surface area contributed by atoms with E-state index in [9.17, 15) is 9.18 Å². The number of carbonyl (C=O) groups is 1. The van der Waals surface area contributed by atoms with Gasteiger partial charge >= 0.3 is 0 Å². The van der Waals surface area contributed by atoms with Crippen LogP contribution in [-0.2, 0) is 11.3 Å². The number of nitrogens with one attached hydrogen (secondary N) is 1. The Morgan fingerprint density at radius 2 is 2.16 bits per heavy atom. The van der Waals surface area contributed by atoms with Crippen LogP contribution in [0.2, 0.25) is 0 Å². The third-order valence-electron chi connectivity index (χ3n) is 2.32. The maximum absolute atomic E-state index is 12.6. The Bertz CT molecular complexity index is 594. The molecule has 1 aromatic heterocycles. The number of nitrogens with zero attached hydrogens (tertiary/aromatic N) is 2. The van der Waals surface area contributed by atoms with Crippen molar-refractivity contribution in [2.24, 2.45) is 0 Å². The first-order chi connectivity index (χ1) is 9.24. The molecule has 0 radical (unpaired) electrons. The number of benzene rings is 1. The normalized spacial score (nSPS) is 9.53. The molecular weight excluding hydrogens is 245 g/mol. The molecule has 0 saturated heterocycles. The van der Waals surface area contributed by atoms with E-state index in [4.69, 9.17) is 0 Å². The highest BCUT2D eigenvalue weighted by Crippen LogP contribution is 2.00. The lowest BCUT2D eigenvalue weighted by molar-refractivity contribution is -0.121. The highest BCUT2D eigenvalue weighted by atomic mass is 19.1. The SMILES string of the molecule is O=C(Cn1cccn1)NCC#Cc1ccc(F)cc1. The number of carbonyl (C=O) groups excluding carboxylic acids is 1. The van der Waals surface area contributed by atoms with Crippen molar-refractivity contribution < 1.29 is 9.18 Å². The lowest BCUT2D eigenvalue weighted by Crippen LogP contribution is -2.27. The third kappa shape index (κ3) is 4.28. The third-order valence-corrected chi connectivity index (χ3v) is 2.32. The monoisotopic (exact) mass is 257 g/mol. The van der Waals surface area contributed by atoms with Crippen molar-refractivity contribution in [1.82, 2.24) is 15.1 Å². The van der Waals surface area contributed by atoms with Crippen molar-refractivity contribution in [1.29, 1.82) is 0 Å². The van der Waals surface area contributed by atoms with Gasteiger partial charge in [-0.1, -0.05) is 11.8 Å². The molecule has 2 rings (SSSR count). The molecule has 1 aromatic carbocycles. The van der Waals surface area contributed by atoms with Gasteiger partial charge in [0.2, 0.25) is 5.91 Å². The van der Waals surface area contributed by atoms with Gasteiger partial charge in [-0.25, -0.2) is 4.39 Å². The second-order valence-corrected chi connectivity index (χ2v) is 3.79. The van der Waals surface area contributed by atoms with Crippen LogP contribution in [0, 0.1) is 17.7 Å². The molecule has 0 atom stereocenters. The number of rotatable bonds is 3. The molecule has 0 aliphatic carbocycles. The number of aromatic nitrogens is 2. The van der Waals surface area contributed by atoms with Gasteiger partial charge in [0.05, 0.1) is 6.54 Å². The van der Waals surface area contributed by atoms with E-state index in [2.05, 4.69) is 22.3 Å². The summed E-state index contributed by atoms with van der Waals surface area (Å²) < 4.78 is 14.2. The topological polar surface area (TPSA) is 46.9 Å². The molecule has 0 saturated carbocycles. The minimum Gasteiger partial charge on any atom is -0.344 e. The summed E-state index contributed by atoms with van der Waals surface area (Å²) in [5, 5.41) is 6.58. The van der Waals surface area contributed by atoms with Gasteiger partial charge in [-0.15, -0.1) is 0 Å². The minimum absolute atomic E-state index is 0.155. The fourth-order valence-corrected chi connectivity index (χ4v) is 1.42. The molecule has 0 spiro atoms. The first-order valence-corrected chi connectivity index (χ1v) is 5.72. The standard InChI is InChI=1S/C14H12FN3O/c15-13-6-4-12(5-7-13)3-1-8-16-14(19)11-18-10-2-9-17-18/h2,4-7,9-10H,8,11H2,(H,16,19). The molecule has 5 heteroatoms. The molecule has 1 amide bonds. The van der Waals surface area contributed by atoms with E-state index in [-0.39, 0.29) is 24.8 Å². The van der Waals surface area contributed by atoms with E-state index in [1.54, 1.807) is 30.6 Å². The van der Waals surface area contributed by atoms with Crippen molar-refractivity contribution in [2.75, 3.05) is 6.54 Å². The van der Waals surface area contributed by atoms with E-state index in [1.807, 2.05) is 0 Å². The van der Waals surface area contributed by atoms with Crippen molar-refractivity contribution in [3.05, 3.63) is 54.1 Å². The molecule has 0 fully saturated rings. The Labute approximate surface area is 110 Å². The van der Waals surface area contributed by atoms with Gasteiger partial charge in [0, 0.05) is 18.0 Å². The molecule has 0 bridgehead atoms. The lowest BCUT2D eigenvalue weighted by Gasteiger charge is -2.00. The zero-order valence-electron chi connectivity index (χ0n) is 10.1. The number of hydrogen-bond donors (Lipinski definition) is 1.